The fraction of sp³-hybridized carbons (Fsp3) is 0.600. The Balaban J connectivity index is 2.24. The summed E-state index contributed by atoms with van der Waals surface area (Å²) in [4.78, 5) is 0. The Morgan fingerprint density at radius 2 is 2.27 bits per heavy atom. The lowest BCUT2D eigenvalue weighted by atomic mass is 10.4. The molecular weight excluding hydrogens is 206 g/mol. The van der Waals surface area contributed by atoms with Gasteiger partial charge in [-0.3, -0.25) is 0 Å². The molecule has 0 saturated carbocycles. The molecule has 0 amide bonds. The number of rotatable bonds is 5. The van der Waals surface area contributed by atoms with Gasteiger partial charge in [-0.25, -0.2) is 4.68 Å². The van der Waals surface area contributed by atoms with Gasteiger partial charge in [0.15, 0.2) is 0 Å². The minimum Gasteiger partial charge on any atom is -0.360 e. The molecule has 0 atom stereocenters. The first kappa shape index (κ1) is 11.9. The summed E-state index contributed by atoms with van der Waals surface area (Å²) < 4.78 is 7.12. The molecule has 5 heteroatoms. The number of nitrogens with zero attached hydrogens (tertiary/aromatic N) is 3. The highest BCUT2D eigenvalue weighted by molar-refractivity contribution is 6.76. The summed E-state index contributed by atoms with van der Waals surface area (Å²) in [6.07, 6.45) is 3.23. The van der Waals surface area contributed by atoms with Crippen LogP contribution in [0.4, 0.5) is 0 Å². The number of ether oxygens (including phenoxy) is 1. The molecule has 0 radical (unpaired) electrons. The number of hydrogen-bond donors (Lipinski definition) is 0. The van der Waals surface area contributed by atoms with E-state index in [1.54, 1.807) is 17.1 Å². The molecule has 0 aliphatic rings. The Hall–Kier alpha value is -1.12. The molecule has 1 heterocycles. The third kappa shape index (κ3) is 4.77. The SMILES string of the molecule is C[Si](C)(C)CCOCn1cc(C#N)cn1. The van der Waals surface area contributed by atoms with Crippen LogP contribution in [0.3, 0.4) is 0 Å². The van der Waals surface area contributed by atoms with Gasteiger partial charge in [-0.15, -0.1) is 0 Å². The van der Waals surface area contributed by atoms with Gasteiger partial charge < -0.3 is 4.74 Å². The van der Waals surface area contributed by atoms with Crippen LogP contribution in [-0.4, -0.2) is 24.5 Å². The van der Waals surface area contributed by atoms with Crippen molar-refractivity contribution in [2.24, 2.45) is 0 Å². The molecule has 15 heavy (non-hydrogen) atoms. The molecule has 4 nitrogen and oxygen atoms in total. The second-order valence-corrected chi connectivity index (χ2v) is 10.3. The van der Waals surface area contributed by atoms with E-state index < -0.39 is 8.07 Å². The first-order valence-corrected chi connectivity index (χ1v) is 8.72. The van der Waals surface area contributed by atoms with Crippen molar-refractivity contribution >= 4 is 8.07 Å². The molecule has 1 aromatic heterocycles. The van der Waals surface area contributed by atoms with Gasteiger partial charge in [-0.05, 0) is 6.04 Å². The maximum absolute atomic E-state index is 8.59. The second-order valence-electron chi connectivity index (χ2n) is 4.73. The molecule has 0 aliphatic heterocycles. The maximum Gasteiger partial charge on any atom is 0.139 e. The zero-order valence-corrected chi connectivity index (χ0v) is 10.5. The minimum atomic E-state index is -1.00. The standard InChI is InChI=1S/C10H17N3OSi/c1-15(2,3)5-4-14-9-13-8-10(6-11)7-12-13/h7-8H,4-5,9H2,1-3H3. The van der Waals surface area contributed by atoms with Crippen LogP contribution in [0.2, 0.25) is 25.7 Å². The highest BCUT2D eigenvalue weighted by Gasteiger charge is 2.11. The Labute approximate surface area is 91.5 Å². The van der Waals surface area contributed by atoms with E-state index in [2.05, 4.69) is 24.7 Å². The van der Waals surface area contributed by atoms with Crippen molar-refractivity contribution in [3.05, 3.63) is 18.0 Å². The van der Waals surface area contributed by atoms with Crippen molar-refractivity contribution in [3.8, 4) is 6.07 Å². The lowest BCUT2D eigenvalue weighted by Gasteiger charge is -2.15. The number of hydrogen-bond acceptors (Lipinski definition) is 3. The highest BCUT2D eigenvalue weighted by atomic mass is 28.3. The fourth-order valence-electron chi connectivity index (χ4n) is 1.03. The average Bonchev–Trinajstić information content (AvgIpc) is 2.59. The van der Waals surface area contributed by atoms with E-state index in [1.807, 2.05) is 6.07 Å². The van der Waals surface area contributed by atoms with Gasteiger partial charge in [0.1, 0.15) is 12.8 Å². The monoisotopic (exact) mass is 223 g/mol. The Morgan fingerprint density at radius 1 is 1.53 bits per heavy atom. The normalized spacial score (nSPS) is 11.3. The van der Waals surface area contributed by atoms with Crippen molar-refractivity contribution in [3.63, 3.8) is 0 Å². The molecule has 0 saturated heterocycles. The third-order valence-corrected chi connectivity index (χ3v) is 3.69. The summed E-state index contributed by atoms with van der Waals surface area (Å²) in [5.41, 5.74) is 0.573. The Morgan fingerprint density at radius 3 is 2.80 bits per heavy atom. The van der Waals surface area contributed by atoms with E-state index in [0.29, 0.717) is 12.3 Å². The smallest absolute Gasteiger partial charge is 0.139 e. The van der Waals surface area contributed by atoms with Crippen LogP contribution in [0.25, 0.3) is 0 Å². The first-order valence-electron chi connectivity index (χ1n) is 5.01. The van der Waals surface area contributed by atoms with E-state index in [0.717, 1.165) is 12.7 Å². The molecule has 0 aliphatic carbocycles. The zero-order valence-electron chi connectivity index (χ0n) is 9.53. The Bertz CT molecular complexity index is 348. The zero-order chi connectivity index (χ0) is 11.3. The molecule has 0 N–H and O–H groups in total. The highest BCUT2D eigenvalue weighted by Crippen LogP contribution is 2.07. The summed E-state index contributed by atoms with van der Waals surface area (Å²) in [7, 11) is -1.00. The van der Waals surface area contributed by atoms with Crippen LogP contribution in [0.5, 0.6) is 0 Å². The van der Waals surface area contributed by atoms with Gasteiger partial charge >= 0.3 is 0 Å². The van der Waals surface area contributed by atoms with Crippen LogP contribution in [-0.2, 0) is 11.5 Å². The van der Waals surface area contributed by atoms with Crippen molar-refractivity contribution in [1.82, 2.24) is 9.78 Å². The predicted octanol–water partition coefficient (Wildman–Crippen LogP) is 2.07. The van der Waals surface area contributed by atoms with Gasteiger partial charge in [-0.1, -0.05) is 19.6 Å². The molecule has 0 fully saturated rings. The van der Waals surface area contributed by atoms with E-state index in [4.69, 9.17) is 10.00 Å². The summed E-state index contributed by atoms with van der Waals surface area (Å²) in [5, 5.41) is 12.6. The maximum atomic E-state index is 8.59. The largest absolute Gasteiger partial charge is 0.360 e. The minimum absolute atomic E-state index is 0.437. The molecule has 1 rings (SSSR count). The van der Waals surface area contributed by atoms with Crippen LogP contribution >= 0.6 is 0 Å². The second kappa shape index (κ2) is 5.10. The molecule has 0 bridgehead atoms. The van der Waals surface area contributed by atoms with Crippen molar-refractivity contribution in [2.75, 3.05) is 6.61 Å². The molecular formula is C10H17N3OSi. The van der Waals surface area contributed by atoms with Crippen LogP contribution in [0.1, 0.15) is 5.56 Å². The van der Waals surface area contributed by atoms with E-state index in [-0.39, 0.29) is 0 Å². The summed E-state index contributed by atoms with van der Waals surface area (Å²) in [5.74, 6) is 0. The van der Waals surface area contributed by atoms with Gasteiger partial charge in [0, 0.05) is 20.9 Å². The van der Waals surface area contributed by atoms with Gasteiger partial charge in [0.05, 0.1) is 11.8 Å². The van der Waals surface area contributed by atoms with Crippen molar-refractivity contribution in [2.45, 2.75) is 32.4 Å². The quantitative estimate of drug-likeness (QED) is 0.567. The van der Waals surface area contributed by atoms with Gasteiger partial charge in [-0.2, -0.15) is 10.4 Å². The fourth-order valence-corrected chi connectivity index (χ4v) is 1.79. The van der Waals surface area contributed by atoms with E-state index in [1.165, 1.54) is 0 Å². The lowest BCUT2D eigenvalue weighted by Crippen LogP contribution is -2.22. The number of aromatic nitrogens is 2. The predicted molar refractivity (Wildman–Crippen MR) is 61.0 cm³/mol. The lowest BCUT2D eigenvalue weighted by molar-refractivity contribution is 0.0786. The van der Waals surface area contributed by atoms with Crippen LogP contribution in [0, 0.1) is 11.3 Å². The van der Waals surface area contributed by atoms with Crippen molar-refractivity contribution in [1.29, 1.82) is 5.26 Å². The molecule has 0 unspecified atom stereocenters. The van der Waals surface area contributed by atoms with Crippen LogP contribution < -0.4 is 0 Å². The molecule has 1 aromatic rings. The van der Waals surface area contributed by atoms with Crippen molar-refractivity contribution < 1.29 is 4.74 Å². The van der Waals surface area contributed by atoms with Crippen LogP contribution in [0.15, 0.2) is 12.4 Å². The van der Waals surface area contributed by atoms with E-state index >= 15 is 0 Å². The third-order valence-electron chi connectivity index (χ3n) is 1.98. The molecule has 82 valence electrons. The Kier molecular flexibility index (Phi) is 4.06. The summed E-state index contributed by atoms with van der Waals surface area (Å²) >= 11 is 0. The molecule has 0 spiro atoms. The summed E-state index contributed by atoms with van der Waals surface area (Å²) in [6, 6.07) is 3.18. The van der Waals surface area contributed by atoms with Gasteiger partial charge in [0.2, 0.25) is 0 Å². The molecule has 0 aromatic carbocycles. The topological polar surface area (TPSA) is 50.8 Å². The first-order chi connectivity index (χ1) is 7.01. The van der Waals surface area contributed by atoms with E-state index in [9.17, 15) is 0 Å². The average molecular weight is 223 g/mol. The van der Waals surface area contributed by atoms with Gasteiger partial charge in [0.25, 0.3) is 0 Å². The summed E-state index contributed by atoms with van der Waals surface area (Å²) in [6.45, 7) is 8.16. The number of nitriles is 1.